The third-order valence-corrected chi connectivity index (χ3v) is 4.92. The molecular weight excluding hydrogens is 433 g/mol. The second-order valence-electron chi connectivity index (χ2n) is 6.44. The molecule has 0 N–H and O–H groups in total. The first-order valence-electron chi connectivity index (χ1n) is 8.70. The maximum Gasteiger partial charge on any atom is 0.534 e. The Morgan fingerprint density at radius 3 is 1.43 bits per heavy atom. The molecule has 0 radical (unpaired) electrons. The number of alkyl halides is 3. The molecular formula is C22H23F3O3S2. The van der Waals surface area contributed by atoms with E-state index in [-0.39, 0.29) is 19.2 Å². The molecule has 0 amide bonds. The van der Waals surface area contributed by atoms with Crippen molar-refractivity contribution >= 4 is 23.6 Å². The third kappa shape index (κ3) is 6.81. The topological polar surface area (TPSA) is 43.4 Å². The molecule has 0 aliphatic heterocycles. The van der Waals surface area contributed by atoms with Gasteiger partial charge in [-0.15, -0.1) is 0 Å². The van der Waals surface area contributed by atoms with Gasteiger partial charge in [-0.2, -0.15) is 35.1 Å². The van der Waals surface area contributed by atoms with Gasteiger partial charge in [-0.25, -0.2) is 0 Å². The van der Waals surface area contributed by atoms with Gasteiger partial charge in [0.25, 0.3) is 0 Å². The quantitative estimate of drug-likeness (QED) is 0.343. The zero-order valence-electron chi connectivity index (χ0n) is 16.7. The van der Waals surface area contributed by atoms with Gasteiger partial charge in [0.2, 0.25) is 0 Å². The molecule has 3 nitrogen and oxygen atoms in total. The highest BCUT2D eigenvalue weighted by molar-refractivity contribution is 7.88. The van der Waals surface area contributed by atoms with Crippen LogP contribution in [0.4, 0.5) is 13.2 Å². The summed E-state index contributed by atoms with van der Waals surface area (Å²) in [6.07, 6.45) is 0. The van der Waals surface area contributed by atoms with Gasteiger partial charge in [0, 0.05) is 0 Å². The van der Waals surface area contributed by atoms with Crippen molar-refractivity contribution in [1.29, 1.82) is 0 Å². The molecule has 30 heavy (non-hydrogen) atoms. The summed E-state index contributed by atoms with van der Waals surface area (Å²) < 4.78 is 62.3. The Morgan fingerprint density at radius 1 is 0.733 bits per heavy atom. The third-order valence-electron chi connectivity index (χ3n) is 3.96. The van der Waals surface area contributed by atoms with Crippen molar-refractivity contribution < 1.29 is 25.8 Å². The van der Waals surface area contributed by atoms with E-state index in [4.69, 9.17) is 0 Å². The number of hydrogen-bond donors (Lipinski definition) is 0. The molecule has 0 saturated heterocycles. The number of benzene rings is 3. The van der Waals surface area contributed by atoms with Gasteiger partial charge >= 0.3 is 15.6 Å². The van der Waals surface area contributed by atoms with E-state index in [0.717, 1.165) is 5.56 Å². The largest absolute Gasteiger partial charge is 0.534 e. The minimum absolute atomic E-state index is 0. The predicted octanol–water partition coefficient (Wildman–Crippen LogP) is 6.31. The lowest BCUT2D eigenvalue weighted by molar-refractivity contribution is -0.0500. The van der Waals surface area contributed by atoms with Crippen LogP contribution in [0.1, 0.15) is 16.7 Å². The highest BCUT2D eigenvalue weighted by Crippen LogP contribution is 2.31. The summed E-state index contributed by atoms with van der Waals surface area (Å²) in [5.41, 5.74) is -1.37. The Balaban J connectivity index is 0.000000304. The molecule has 0 aliphatic carbocycles. The first-order valence-corrected chi connectivity index (χ1v) is 10.1. The summed E-state index contributed by atoms with van der Waals surface area (Å²) >= 11 is 0. The van der Waals surface area contributed by atoms with E-state index in [9.17, 15) is 21.6 Å². The molecule has 0 saturated carbocycles. The Labute approximate surface area is 182 Å². The fourth-order valence-corrected chi connectivity index (χ4v) is 3.29. The zero-order chi connectivity index (χ0) is 21.7. The number of rotatable bonds is 3. The maximum absolute atomic E-state index is 12.1. The molecule has 3 aromatic rings. The molecule has 3 aromatic carbocycles. The van der Waals surface area contributed by atoms with Crippen LogP contribution >= 0.6 is 13.5 Å². The summed E-state index contributed by atoms with van der Waals surface area (Å²) in [6.45, 7) is 4.73. The monoisotopic (exact) mass is 456 g/mol. The van der Waals surface area contributed by atoms with E-state index < -0.39 is 15.6 Å². The van der Waals surface area contributed by atoms with Crippen LogP contribution in [-0.2, 0) is 10.1 Å². The number of hydrogen-bond acceptors (Lipinski definition) is 3. The first-order chi connectivity index (χ1) is 13.5. The van der Waals surface area contributed by atoms with Crippen LogP contribution in [0.2, 0.25) is 0 Å². The van der Waals surface area contributed by atoms with Crippen molar-refractivity contribution in [2.24, 2.45) is 0 Å². The van der Waals surface area contributed by atoms with E-state index in [1.54, 1.807) is 19.1 Å². The Hall–Kier alpha value is -2.45. The average Bonchev–Trinajstić information content (AvgIpc) is 2.66. The predicted molar refractivity (Wildman–Crippen MR) is 119 cm³/mol. The first kappa shape index (κ1) is 25.6. The van der Waals surface area contributed by atoms with Crippen LogP contribution in [0, 0.1) is 20.8 Å². The lowest BCUT2D eigenvalue weighted by atomic mass is 10.1. The molecule has 0 heterocycles. The molecule has 0 aromatic heterocycles. The molecule has 0 aliphatic rings. The summed E-state index contributed by atoms with van der Waals surface area (Å²) in [4.78, 5) is 0. The van der Waals surface area contributed by atoms with Gasteiger partial charge in [0.1, 0.15) is 5.75 Å². The highest BCUT2D eigenvalue weighted by Gasteiger charge is 2.48. The van der Waals surface area contributed by atoms with Gasteiger partial charge in [-0.05, 0) is 43.0 Å². The minimum Gasteiger partial charge on any atom is -0.375 e. The lowest BCUT2D eigenvalue weighted by Crippen LogP contribution is -2.28. The molecule has 0 spiro atoms. The normalized spacial score (nSPS) is 11.0. The van der Waals surface area contributed by atoms with Crippen LogP contribution in [0.3, 0.4) is 0 Å². The lowest BCUT2D eigenvalue weighted by Gasteiger charge is -2.14. The van der Waals surface area contributed by atoms with Gasteiger partial charge in [0.15, 0.2) is 0 Å². The second-order valence-corrected chi connectivity index (χ2v) is 7.98. The van der Waals surface area contributed by atoms with Gasteiger partial charge in [-0.1, -0.05) is 78.4 Å². The van der Waals surface area contributed by atoms with E-state index in [2.05, 4.69) is 52.7 Å². The number of aryl methyl sites for hydroxylation is 3. The summed E-state index contributed by atoms with van der Waals surface area (Å²) in [7, 11) is -5.61. The Morgan fingerprint density at radius 2 is 1.10 bits per heavy atom. The maximum atomic E-state index is 12.1. The van der Waals surface area contributed by atoms with Crippen molar-refractivity contribution in [1.82, 2.24) is 0 Å². The molecule has 0 unspecified atom stereocenters. The van der Waals surface area contributed by atoms with Crippen LogP contribution in [0.25, 0.3) is 11.1 Å². The van der Waals surface area contributed by atoms with Gasteiger partial charge in [-0.3, -0.25) is 0 Å². The Kier molecular flexibility index (Phi) is 8.99. The van der Waals surface area contributed by atoms with Crippen molar-refractivity contribution in [3.8, 4) is 16.9 Å². The fraction of sp³-hybridized carbons (Fsp3) is 0.182. The van der Waals surface area contributed by atoms with Crippen LogP contribution in [0.15, 0.2) is 72.8 Å². The molecule has 8 heteroatoms. The fourth-order valence-electron chi connectivity index (χ4n) is 2.72. The molecule has 0 fully saturated rings. The van der Waals surface area contributed by atoms with Gasteiger partial charge in [0.05, 0.1) is 0 Å². The van der Waals surface area contributed by atoms with Crippen molar-refractivity contribution in [3.05, 3.63) is 89.5 Å². The van der Waals surface area contributed by atoms with E-state index >= 15 is 0 Å². The SMILES string of the molecule is Cc1cc(C)c(OS(=O)(=O)C(F)(F)F)c(C)c1.S.c1ccc(-c2ccccc2)cc1. The summed E-state index contributed by atoms with van der Waals surface area (Å²) in [6, 6.07) is 23.9. The smallest absolute Gasteiger partial charge is 0.375 e. The van der Waals surface area contributed by atoms with E-state index in [0.29, 0.717) is 11.1 Å². The minimum atomic E-state index is -5.61. The van der Waals surface area contributed by atoms with Crippen molar-refractivity contribution in [2.45, 2.75) is 26.3 Å². The summed E-state index contributed by atoms with van der Waals surface area (Å²) in [5, 5.41) is 0. The van der Waals surface area contributed by atoms with Crippen LogP contribution < -0.4 is 4.18 Å². The second kappa shape index (κ2) is 10.5. The molecule has 0 atom stereocenters. The van der Waals surface area contributed by atoms with Crippen LogP contribution in [0.5, 0.6) is 5.75 Å². The van der Waals surface area contributed by atoms with Crippen molar-refractivity contribution in [2.75, 3.05) is 0 Å². The summed E-state index contributed by atoms with van der Waals surface area (Å²) in [5.74, 6) is -0.270. The number of halogens is 3. The molecule has 3 rings (SSSR count). The van der Waals surface area contributed by atoms with E-state index in [1.807, 2.05) is 12.1 Å². The Bertz CT molecular complexity index is 989. The molecule has 0 bridgehead atoms. The van der Waals surface area contributed by atoms with Crippen LogP contribution in [-0.4, -0.2) is 13.9 Å². The standard InChI is InChI=1S/C12H10.C10H11F3O3S.H2S/c1-3-7-11(8-4-1)12-9-5-2-6-10-12;1-6-4-7(2)9(8(3)5-6)16-17(14,15)10(11,12)13;/h1-10H;4-5H,1-3H3;1H2. The zero-order valence-corrected chi connectivity index (χ0v) is 18.5. The molecule has 162 valence electrons. The average molecular weight is 457 g/mol. The van der Waals surface area contributed by atoms with E-state index in [1.165, 1.54) is 25.0 Å². The highest BCUT2D eigenvalue weighted by atomic mass is 32.2. The van der Waals surface area contributed by atoms with Crippen molar-refractivity contribution in [3.63, 3.8) is 0 Å². The van der Waals surface area contributed by atoms with Gasteiger partial charge < -0.3 is 4.18 Å².